The number of nitrogens with one attached hydrogen (secondary N) is 1. The number of amides is 1. The largest absolute Gasteiger partial charge is 0.353 e. The van der Waals surface area contributed by atoms with Gasteiger partial charge in [-0.15, -0.1) is 0 Å². The normalized spacial score (nSPS) is 16.4. The number of carbonyl (C=O) groups excluding carboxylic acids is 1. The van der Waals surface area contributed by atoms with Crippen molar-refractivity contribution in [1.29, 1.82) is 0 Å². The van der Waals surface area contributed by atoms with E-state index in [0.717, 1.165) is 25.0 Å². The molecule has 1 aromatic rings. The zero-order chi connectivity index (χ0) is 13.1. The van der Waals surface area contributed by atoms with Gasteiger partial charge in [-0.2, -0.15) is 0 Å². The molecule has 1 atom stereocenters. The van der Waals surface area contributed by atoms with Crippen LogP contribution in [0.5, 0.6) is 0 Å². The van der Waals surface area contributed by atoms with Crippen LogP contribution in [0, 0.1) is 17.6 Å². The maximum atomic E-state index is 13.0. The summed E-state index contributed by atoms with van der Waals surface area (Å²) in [6.45, 7) is 0.192. The molecule has 0 saturated heterocycles. The summed E-state index contributed by atoms with van der Waals surface area (Å²) in [5.74, 6) is -2.28. The Morgan fingerprint density at radius 1 is 1.39 bits per heavy atom. The fourth-order valence-corrected chi connectivity index (χ4v) is 1.78. The molecule has 0 heterocycles. The SMILES string of the molecule is NCC(Cc1ccc(F)c(F)c1)C(=O)NC1CC1. The van der Waals surface area contributed by atoms with Crippen LogP contribution in [0.4, 0.5) is 8.78 Å². The van der Waals surface area contributed by atoms with Crippen molar-refractivity contribution >= 4 is 5.91 Å². The van der Waals surface area contributed by atoms with Crippen LogP contribution < -0.4 is 11.1 Å². The first-order valence-corrected chi connectivity index (χ1v) is 6.04. The quantitative estimate of drug-likeness (QED) is 0.833. The van der Waals surface area contributed by atoms with E-state index in [-0.39, 0.29) is 18.5 Å². The molecule has 1 saturated carbocycles. The first-order chi connectivity index (χ1) is 8.60. The molecule has 1 fully saturated rings. The summed E-state index contributed by atoms with van der Waals surface area (Å²) < 4.78 is 25.8. The molecule has 2 rings (SSSR count). The van der Waals surface area contributed by atoms with Gasteiger partial charge >= 0.3 is 0 Å². The molecule has 1 amide bonds. The van der Waals surface area contributed by atoms with Crippen molar-refractivity contribution in [2.75, 3.05) is 6.54 Å². The smallest absolute Gasteiger partial charge is 0.224 e. The van der Waals surface area contributed by atoms with E-state index in [1.807, 2.05) is 0 Å². The first-order valence-electron chi connectivity index (χ1n) is 6.04. The lowest BCUT2D eigenvalue weighted by molar-refractivity contribution is -0.124. The molecule has 1 unspecified atom stereocenters. The van der Waals surface area contributed by atoms with Crippen molar-refractivity contribution in [1.82, 2.24) is 5.32 Å². The molecule has 0 bridgehead atoms. The van der Waals surface area contributed by atoms with E-state index in [9.17, 15) is 13.6 Å². The molecule has 1 aliphatic carbocycles. The summed E-state index contributed by atoms with van der Waals surface area (Å²) >= 11 is 0. The maximum Gasteiger partial charge on any atom is 0.224 e. The fraction of sp³-hybridized carbons (Fsp3) is 0.462. The van der Waals surface area contributed by atoms with E-state index in [2.05, 4.69) is 5.32 Å². The third-order valence-corrected chi connectivity index (χ3v) is 3.05. The third kappa shape index (κ3) is 3.26. The highest BCUT2D eigenvalue weighted by Gasteiger charge is 2.27. The van der Waals surface area contributed by atoms with Crippen LogP contribution in [0.3, 0.4) is 0 Å². The van der Waals surface area contributed by atoms with Gasteiger partial charge in [0.15, 0.2) is 11.6 Å². The highest BCUT2D eigenvalue weighted by atomic mass is 19.2. The van der Waals surface area contributed by atoms with Gasteiger partial charge in [-0.3, -0.25) is 4.79 Å². The van der Waals surface area contributed by atoms with Gasteiger partial charge < -0.3 is 11.1 Å². The predicted molar refractivity (Wildman–Crippen MR) is 63.8 cm³/mol. The monoisotopic (exact) mass is 254 g/mol. The van der Waals surface area contributed by atoms with Crippen molar-refractivity contribution in [2.45, 2.75) is 25.3 Å². The number of nitrogens with two attached hydrogens (primary N) is 1. The van der Waals surface area contributed by atoms with Crippen molar-refractivity contribution in [3.05, 3.63) is 35.4 Å². The van der Waals surface area contributed by atoms with Crippen molar-refractivity contribution in [2.24, 2.45) is 11.7 Å². The van der Waals surface area contributed by atoms with E-state index < -0.39 is 17.6 Å². The number of carbonyl (C=O) groups is 1. The maximum absolute atomic E-state index is 13.0. The van der Waals surface area contributed by atoms with Gasteiger partial charge in [0.05, 0.1) is 5.92 Å². The van der Waals surface area contributed by atoms with E-state index >= 15 is 0 Å². The lowest BCUT2D eigenvalue weighted by Gasteiger charge is -2.14. The van der Waals surface area contributed by atoms with Crippen LogP contribution >= 0.6 is 0 Å². The van der Waals surface area contributed by atoms with Gasteiger partial charge in [0.2, 0.25) is 5.91 Å². The third-order valence-electron chi connectivity index (χ3n) is 3.05. The Morgan fingerprint density at radius 3 is 2.67 bits per heavy atom. The predicted octanol–water partition coefficient (Wildman–Crippen LogP) is 1.36. The molecule has 3 N–H and O–H groups in total. The average molecular weight is 254 g/mol. The van der Waals surface area contributed by atoms with E-state index in [4.69, 9.17) is 5.73 Å². The van der Waals surface area contributed by atoms with Crippen LogP contribution in [0.1, 0.15) is 18.4 Å². The Bertz CT molecular complexity index is 447. The highest BCUT2D eigenvalue weighted by molar-refractivity contribution is 5.79. The van der Waals surface area contributed by atoms with Gasteiger partial charge in [-0.25, -0.2) is 8.78 Å². The minimum Gasteiger partial charge on any atom is -0.353 e. The summed E-state index contributed by atoms with van der Waals surface area (Å²) in [5, 5.41) is 2.86. The van der Waals surface area contributed by atoms with Crippen LogP contribution in [0.15, 0.2) is 18.2 Å². The second-order valence-corrected chi connectivity index (χ2v) is 4.67. The van der Waals surface area contributed by atoms with Gasteiger partial charge in [-0.1, -0.05) is 6.07 Å². The van der Waals surface area contributed by atoms with Crippen LogP contribution in [-0.4, -0.2) is 18.5 Å². The van der Waals surface area contributed by atoms with Gasteiger partial charge in [0.1, 0.15) is 0 Å². The van der Waals surface area contributed by atoms with E-state index in [1.54, 1.807) is 0 Å². The molecule has 1 aliphatic rings. The zero-order valence-corrected chi connectivity index (χ0v) is 9.96. The summed E-state index contributed by atoms with van der Waals surface area (Å²) in [6, 6.07) is 3.93. The molecular weight excluding hydrogens is 238 g/mol. The molecular formula is C13H16F2N2O. The summed E-state index contributed by atoms with van der Waals surface area (Å²) in [6.07, 6.45) is 2.34. The minimum atomic E-state index is -0.897. The molecule has 0 spiro atoms. The molecule has 0 aliphatic heterocycles. The second kappa shape index (κ2) is 5.44. The van der Waals surface area contributed by atoms with Crippen molar-refractivity contribution < 1.29 is 13.6 Å². The van der Waals surface area contributed by atoms with E-state index in [1.165, 1.54) is 6.07 Å². The van der Waals surface area contributed by atoms with E-state index in [0.29, 0.717) is 12.0 Å². The Hall–Kier alpha value is -1.49. The molecule has 98 valence electrons. The standard InChI is InChI=1S/C13H16F2N2O/c14-11-4-1-8(6-12(11)15)5-9(7-16)13(18)17-10-2-3-10/h1,4,6,9-10H,2-3,5,7,16H2,(H,17,18). The lowest BCUT2D eigenvalue weighted by Crippen LogP contribution is -2.37. The van der Waals surface area contributed by atoms with Crippen LogP contribution in [0.25, 0.3) is 0 Å². The van der Waals surface area contributed by atoms with Crippen molar-refractivity contribution in [3.63, 3.8) is 0 Å². The molecule has 3 nitrogen and oxygen atoms in total. The number of rotatable bonds is 5. The van der Waals surface area contributed by atoms with Crippen LogP contribution in [-0.2, 0) is 11.2 Å². The lowest BCUT2D eigenvalue weighted by atomic mass is 9.98. The summed E-state index contributed by atoms with van der Waals surface area (Å²) in [5.41, 5.74) is 6.14. The molecule has 0 radical (unpaired) electrons. The minimum absolute atomic E-state index is 0.107. The Balaban J connectivity index is 1.99. The molecule has 18 heavy (non-hydrogen) atoms. The second-order valence-electron chi connectivity index (χ2n) is 4.67. The summed E-state index contributed by atoms with van der Waals surface area (Å²) in [4.78, 5) is 11.8. The van der Waals surface area contributed by atoms with Crippen molar-refractivity contribution in [3.8, 4) is 0 Å². The molecule has 5 heteroatoms. The number of hydrogen-bond acceptors (Lipinski definition) is 2. The number of benzene rings is 1. The molecule has 1 aromatic carbocycles. The fourth-order valence-electron chi connectivity index (χ4n) is 1.78. The number of halogens is 2. The Labute approximate surface area is 104 Å². The molecule has 0 aromatic heterocycles. The zero-order valence-electron chi connectivity index (χ0n) is 9.96. The van der Waals surface area contributed by atoms with Gasteiger partial charge in [0.25, 0.3) is 0 Å². The average Bonchev–Trinajstić information content (AvgIpc) is 3.14. The first kappa shape index (κ1) is 13.0. The topological polar surface area (TPSA) is 55.1 Å². The summed E-state index contributed by atoms with van der Waals surface area (Å²) in [7, 11) is 0. The Kier molecular flexibility index (Phi) is 3.91. The van der Waals surface area contributed by atoms with Gasteiger partial charge in [-0.05, 0) is 37.0 Å². The van der Waals surface area contributed by atoms with Gasteiger partial charge in [0, 0.05) is 12.6 Å². The number of hydrogen-bond donors (Lipinski definition) is 2. The van der Waals surface area contributed by atoms with Crippen LogP contribution in [0.2, 0.25) is 0 Å². The highest BCUT2D eigenvalue weighted by Crippen LogP contribution is 2.20. The Morgan fingerprint density at radius 2 is 2.11 bits per heavy atom.